The van der Waals surface area contributed by atoms with Crippen molar-refractivity contribution in [2.24, 2.45) is 7.05 Å². The van der Waals surface area contributed by atoms with E-state index in [1.165, 1.54) is 0 Å². The summed E-state index contributed by atoms with van der Waals surface area (Å²) in [5.41, 5.74) is 1.54. The Hall–Kier alpha value is -0.390. The van der Waals surface area contributed by atoms with Crippen LogP contribution in [0, 0.1) is 0 Å². The van der Waals surface area contributed by atoms with Gasteiger partial charge in [-0.3, -0.25) is 4.68 Å². The third kappa shape index (κ3) is 3.20. The van der Waals surface area contributed by atoms with E-state index in [0.29, 0.717) is 12.5 Å². The van der Waals surface area contributed by atoms with Crippen molar-refractivity contribution in [3.05, 3.63) is 15.9 Å². The molecule has 1 aliphatic rings. The van der Waals surface area contributed by atoms with Gasteiger partial charge in [0.1, 0.15) is 0 Å². The first-order chi connectivity index (χ1) is 8.99. The predicted molar refractivity (Wildman–Crippen MR) is 78.2 cm³/mol. The molecular formula is C14H23BrN2O2. The summed E-state index contributed by atoms with van der Waals surface area (Å²) in [5.74, 6) is 0. The maximum absolute atomic E-state index is 10.8. The zero-order valence-electron chi connectivity index (χ0n) is 11.9. The topological polar surface area (TPSA) is 47.3 Å². The molecule has 1 fully saturated rings. The maximum atomic E-state index is 10.8. The molecule has 4 nitrogen and oxygen atoms in total. The van der Waals surface area contributed by atoms with Crippen molar-refractivity contribution in [1.29, 1.82) is 0 Å². The highest BCUT2D eigenvalue weighted by atomic mass is 79.9. The van der Waals surface area contributed by atoms with Gasteiger partial charge in [0.2, 0.25) is 0 Å². The van der Waals surface area contributed by atoms with Gasteiger partial charge in [0, 0.05) is 20.6 Å². The van der Waals surface area contributed by atoms with Gasteiger partial charge < -0.3 is 9.84 Å². The Morgan fingerprint density at radius 1 is 1.47 bits per heavy atom. The lowest BCUT2D eigenvalue weighted by Gasteiger charge is -2.35. The fourth-order valence-electron chi connectivity index (χ4n) is 2.86. The molecular weight excluding hydrogens is 308 g/mol. The van der Waals surface area contributed by atoms with Crippen LogP contribution >= 0.6 is 15.9 Å². The Labute approximate surface area is 123 Å². The summed E-state index contributed by atoms with van der Waals surface area (Å²) < 4.78 is 8.31. The van der Waals surface area contributed by atoms with Gasteiger partial charge in [0.15, 0.2) is 0 Å². The average Bonchev–Trinajstić information content (AvgIpc) is 2.67. The first-order valence-corrected chi connectivity index (χ1v) is 7.74. The van der Waals surface area contributed by atoms with Crippen LogP contribution in [0.1, 0.15) is 44.0 Å². The molecule has 5 heteroatoms. The van der Waals surface area contributed by atoms with Crippen molar-refractivity contribution in [3.8, 4) is 0 Å². The molecule has 1 saturated carbocycles. The molecule has 0 atom stereocenters. The summed E-state index contributed by atoms with van der Waals surface area (Å²) >= 11 is 3.62. The van der Waals surface area contributed by atoms with E-state index in [0.717, 1.165) is 48.0 Å². The maximum Gasteiger partial charge on any atom is 0.0766 e. The van der Waals surface area contributed by atoms with E-state index < -0.39 is 5.60 Å². The number of aliphatic hydroxyl groups is 1. The minimum Gasteiger partial charge on any atom is -0.389 e. The Bertz CT molecular complexity index is 437. The normalized spacial score (nSPS) is 27.7. The number of hydrogen-bond donors (Lipinski definition) is 1. The van der Waals surface area contributed by atoms with E-state index in [4.69, 9.17) is 4.74 Å². The van der Waals surface area contributed by atoms with Crippen LogP contribution in [0.3, 0.4) is 0 Å². The molecule has 0 aromatic carbocycles. The summed E-state index contributed by atoms with van der Waals surface area (Å²) in [6.45, 7) is 2.09. The minimum absolute atomic E-state index is 0.307. The quantitative estimate of drug-likeness (QED) is 0.923. The van der Waals surface area contributed by atoms with Crippen LogP contribution in [0.15, 0.2) is 4.47 Å². The van der Waals surface area contributed by atoms with Crippen molar-refractivity contribution in [2.75, 3.05) is 7.11 Å². The Balaban J connectivity index is 2.11. The number of nitrogens with zero attached hydrogens (tertiary/aromatic N) is 2. The van der Waals surface area contributed by atoms with Gasteiger partial charge in [-0.25, -0.2) is 0 Å². The molecule has 1 aliphatic carbocycles. The van der Waals surface area contributed by atoms with Gasteiger partial charge in [-0.05, 0) is 48.0 Å². The standard InChI is InChI=1S/C14H23BrN2O2/c1-4-11-13(15)12(17(2)16-11)9-14(18)7-5-10(19-3)6-8-14/h10,18H,4-9H2,1-3H3. The van der Waals surface area contributed by atoms with Crippen LogP contribution in [0.25, 0.3) is 0 Å². The third-order valence-corrected chi connectivity index (χ3v) is 5.11. The highest BCUT2D eigenvalue weighted by molar-refractivity contribution is 9.10. The summed E-state index contributed by atoms with van der Waals surface area (Å²) in [6, 6.07) is 0. The zero-order chi connectivity index (χ0) is 14.0. The number of ether oxygens (including phenoxy) is 1. The second-order valence-electron chi connectivity index (χ2n) is 5.52. The monoisotopic (exact) mass is 330 g/mol. The Kier molecular flexibility index (Phi) is 4.69. The van der Waals surface area contributed by atoms with Crippen LogP contribution in [0.2, 0.25) is 0 Å². The number of aromatic nitrogens is 2. The van der Waals surface area contributed by atoms with Gasteiger partial charge in [0.05, 0.1) is 27.6 Å². The molecule has 1 aromatic rings. The number of rotatable bonds is 4. The number of aryl methyl sites for hydroxylation is 2. The lowest BCUT2D eigenvalue weighted by molar-refractivity contribution is -0.0437. The van der Waals surface area contributed by atoms with Crippen LogP contribution in [0.4, 0.5) is 0 Å². The molecule has 0 radical (unpaired) electrons. The SMILES string of the molecule is CCc1nn(C)c(CC2(O)CCC(OC)CC2)c1Br. The van der Waals surface area contributed by atoms with Gasteiger partial charge in [-0.1, -0.05) is 6.92 Å². The fraction of sp³-hybridized carbons (Fsp3) is 0.786. The smallest absolute Gasteiger partial charge is 0.0766 e. The summed E-state index contributed by atoms with van der Waals surface area (Å²) in [5, 5.41) is 15.2. The lowest BCUT2D eigenvalue weighted by atomic mass is 9.80. The van der Waals surface area contributed by atoms with E-state index in [2.05, 4.69) is 28.0 Å². The van der Waals surface area contributed by atoms with E-state index in [-0.39, 0.29) is 0 Å². The van der Waals surface area contributed by atoms with Crippen LogP contribution < -0.4 is 0 Å². The van der Waals surface area contributed by atoms with Gasteiger partial charge in [-0.15, -0.1) is 0 Å². The molecule has 1 heterocycles. The average molecular weight is 331 g/mol. The van der Waals surface area contributed by atoms with E-state index in [1.54, 1.807) is 7.11 Å². The van der Waals surface area contributed by atoms with Crippen molar-refractivity contribution >= 4 is 15.9 Å². The molecule has 1 aromatic heterocycles. The molecule has 0 saturated heterocycles. The first kappa shape index (κ1) is 15.0. The van der Waals surface area contributed by atoms with Crippen molar-refractivity contribution in [1.82, 2.24) is 9.78 Å². The van der Waals surface area contributed by atoms with Crippen LogP contribution in [-0.4, -0.2) is 33.7 Å². The molecule has 19 heavy (non-hydrogen) atoms. The molecule has 0 spiro atoms. The zero-order valence-corrected chi connectivity index (χ0v) is 13.5. The summed E-state index contributed by atoms with van der Waals surface area (Å²) in [6.07, 6.45) is 5.33. The van der Waals surface area contributed by atoms with Crippen molar-refractivity contribution in [3.63, 3.8) is 0 Å². The highest BCUT2D eigenvalue weighted by Gasteiger charge is 2.35. The molecule has 0 bridgehead atoms. The second-order valence-corrected chi connectivity index (χ2v) is 6.31. The molecule has 2 rings (SSSR count). The Morgan fingerprint density at radius 2 is 2.11 bits per heavy atom. The number of methoxy groups -OCH3 is 1. The second kappa shape index (κ2) is 5.94. The van der Waals surface area contributed by atoms with Gasteiger partial charge in [0.25, 0.3) is 0 Å². The predicted octanol–water partition coefficient (Wildman–Crippen LogP) is 2.61. The molecule has 108 valence electrons. The molecule has 0 aliphatic heterocycles. The fourth-order valence-corrected chi connectivity index (χ4v) is 3.62. The first-order valence-electron chi connectivity index (χ1n) is 6.94. The molecule has 0 amide bonds. The molecule has 1 N–H and O–H groups in total. The van der Waals surface area contributed by atoms with Gasteiger partial charge in [-0.2, -0.15) is 5.10 Å². The third-order valence-electron chi connectivity index (χ3n) is 4.20. The summed E-state index contributed by atoms with van der Waals surface area (Å²) in [7, 11) is 3.70. The van der Waals surface area contributed by atoms with Crippen LogP contribution in [0.5, 0.6) is 0 Å². The van der Waals surface area contributed by atoms with Crippen molar-refractivity contribution < 1.29 is 9.84 Å². The molecule has 0 unspecified atom stereocenters. The van der Waals surface area contributed by atoms with Gasteiger partial charge >= 0.3 is 0 Å². The largest absolute Gasteiger partial charge is 0.389 e. The van der Waals surface area contributed by atoms with E-state index in [1.807, 2.05) is 11.7 Å². The minimum atomic E-state index is -0.615. The summed E-state index contributed by atoms with van der Waals surface area (Å²) in [4.78, 5) is 0. The van der Waals surface area contributed by atoms with E-state index in [9.17, 15) is 5.11 Å². The lowest BCUT2D eigenvalue weighted by Crippen LogP contribution is -2.38. The van der Waals surface area contributed by atoms with E-state index >= 15 is 0 Å². The van der Waals surface area contributed by atoms with Crippen LogP contribution in [-0.2, 0) is 24.6 Å². The highest BCUT2D eigenvalue weighted by Crippen LogP contribution is 2.34. The Morgan fingerprint density at radius 3 is 2.58 bits per heavy atom. The number of halogens is 1. The number of hydrogen-bond acceptors (Lipinski definition) is 3. The van der Waals surface area contributed by atoms with Crippen molar-refractivity contribution in [2.45, 2.75) is 57.2 Å².